The van der Waals surface area contributed by atoms with Crippen molar-refractivity contribution < 1.29 is 0 Å². The molecule has 2 heteroatoms. The summed E-state index contributed by atoms with van der Waals surface area (Å²) < 4.78 is 0. The van der Waals surface area contributed by atoms with Crippen molar-refractivity contribution in [2.75, 3.05) is 17.3 Å². The molecule has 17 heavy (non-hydrogen) atoms. The zero-order valence-electron chi connectivity index (χ0n) is 12.3. The lowest BCUT2D eigenvalue weighted by molar-refractivity contribution is 0.303. The van der Waals surface area contributed by atoms with E-state index < -0.39 is 0 Å². The zero-order chi connectivity index (χ0) is 13.1. The summed E-state index contributed by atoms with van der Waals surface area (Å²) in [6.45, 7) is 9.44. The van der Waals surface area contributed by atoms with E-state index in [9.17, 15) is 0 Å². The maximum Gasteiger partial charge on any atom is -0.00650 e. The average molecular weight is 277 g/mol. The van der Waals surface area contributed by atoms with Crippen molar-refractivity contribution in [2.24, 2.45) is 11.3 Å². The van der Waals surface area contributed by atoms with E-state index in [0.29, 0.717) is 5.41 Å². The molecule has 0 nitrogen and oxygen atoms in total. The highest BCUT2D eigenvalue weighted by molar-refractivity contribution is 7.99. The quantitative estimate of drug-likeness (QED) is 0.396. The Bertz CT molecular complexity index is 161. The first-order chi connectivity index (χ1) is 7.95. The second kappa shape index (κ2) is 10.6. The topological polar surface area (TPSA) is 0 Å². The fraction of sp³-hybridized carbons (Fsp3) is 1.00. The summed E-state index contributed by atoms with van der Waals surface area (Å²) in [5, 5.41) is 0. The normalized spacial score (nSPS) is 13.9. The van der Waals surface area contributed by atoms with E-state index in [1.807, 2.05) is 0 Å². The molecule has 1 unspecified atom stereocenters. The van der Waals surface area contributed by atoms with Crippen LogP contribution in [0.5, 0.6) is 0 Å². The summed E-state index contributed by atoms with van der Waals surface area (Å²) in [6.07, 6.45) is 8.19. The molecule has 1 atom stereocenters. The van der Waals surface area contributed by atoms with Gasteiger partial charge in [-0.05, 0) is 54.3 Å². The van der Waals surface area contributed by atoms with Gasteiger partial charge in [-0.2, -0.15) is 24.4 Å². The van der Waals surface area contributed by atoms with Gasteiger partial charge in [0.15, 0.2) is 0 Å². The van der Waals surface area contributed by atoms with E-state index in [4.69, 9.17) is 0 Å². The molecule has 104 valence electrons. The Morgan fingerprint density at radius 1 is 1.00 bits per heavy atom. The van der Waals surface area contributed by atoms with Gasteiger partial charge in [-0.3, -0.25) is 0 Å². The Hall–Kier alpha value is 0.700. The SMILES string of the molecule is CC(CCSCCCCCCS)CC(C)(C)C. The van der Waals surface area contributed by atoms with Gasteiger partial charge in [-0.25, -0.2) is 0 Å². The van der Waals surface area contributed by atoms with E-state index in [1.165, 1.54) is 50.0 Å². The monoisotopic (exact) mass is 276 g/mol. The molecular weight excluding hydrogens is 244 g/mol. The predicted molar refractivity (Wildman–Crippen MR) is 87.5 cm³/mol. The third kappa shape index (κ3) is 14.6. The lowest BCUT2D eigenvalue weighted by Gasteiger charge is -2.23. The highest BCUT2D eigenvalue weighted by atomic mass is 32.2. The predicted octanol–water partition coefficient (Wildman–Crippen LogP) is 5.67. The minimum absolute atomic E-state index is 0.497. The molecule has 0 saturated carbocycles. The van der Waals surface area contributed by atoms with Crippen molar-refractivity contribution in [2.45, 2.75) is 66.2 Å². The molecule has 0 bridgehead atoms. The summed E-state index contributed by atoms with van der Waals surface area (Å²) in [4.78, 5) is 0. The van der Waals surface area contributed by atoms with Gasteiger partial charge in [0.05, 0.1) is 0 Å². The van der Waals surface area contributed by atoms with Crippen molar-refractivity contribution in [3.63, 3.8) is 0 Å². The average Bonchev–Trinajstić information content (AvgIpc) is 2.19. The highest BCUT2D eigenvalue weighted by Gasteiger charge is 2.14. The van der Waals surface area contributed by atoms with Crippen LogP contribution in [-0.4, -0.2) is 17.3 Å². The molecule has 0 aliphatic heterocycles. The molecule has 0 spiro atoms. The van der Waals surface area contributed by atoms with Gasteiger partial charge in [0.2, 0.25) is 0 Å². The molecule has 0 aliphatic rings. The molecule has 0 heterocycles. The molecule has 0 aromatic heterocycles. The lowest BCUT2D eigenvalue weighted by atomic mass is 9.84. The van der Waals surface area contributed by atoms with Gasteiger partial charge in [0.1, 0.15) is 0 Å². The van der Waals surface area contributed by atoms with Crippen LogP contribution in [0.3, 0.4) is 0 Å². The second-order valence-corrected chi connectivity index (χ2v) is 8.08. The number of hydrogen-bond acceptors (Lipinski definition) is 2. The number of thioether (sulfide) groups is 1. The van der Waals surface area contributed by atoms with E-state index in [1.54, 1.807) is 0 Å². The van der Waals surface area contributed by atoms with Crippen LogP contribution in [0.4, 0.5) is 0 Å². The van der Waals surface area contributed by atoms with E-state index >= 15 is 0 Å². The third-order valence-electron chi connectivity index (χ3n) is 2.91. The second-order valence-electron chi connectivity index (χ2n) is 6.41. The number of thiol groups is 1. The van der Waals surface area contributed by atoms with Crippen LogP contribution >= 0.6 is 24.4 Å². The third-order valence-corrected chi connectivity index (χ3v) is 4.33. The Morgan fingerprint density at radius 2 is 1.65 bits per heavy atom. The van der Waals surface area contributed by atoms with E-state index in [0.717, 1.165) is 11.7 Å². The molecule has 0 amide bonds. The zero-order valence-corrected chi connectivity index (χ0v) is 14.0. The molecular formula is C15H32S2. The highest BCUT2D eigenvalue weighted by Crippen LogP contribution is 2.26. The van der Waals surface area contributed by atoms with Crippen molar-refractivity contribution in [1.82, 2.24) is 0 Å². The summed E-state index contributed by atoms with van der Waals surface area (Å²) in [5.41, 5.74) is 0.497. The van der Waals surface area contributed by atoms with E-state index in [-0.39, 0.29) is 0 Å². The Kier molecular flexibility index (Phi) is 11.0. The van der Waals surface area contributed by atoms with Crippen LogP contribution in [0, 0.1) is 11.3 Å². The van der Waals surface area contributed by atoms with Crippen molar-refractivity contribution in [3.8, 4) is 0 Å². The first kappa shape index (κ1) is 17.7. The van der Waals surface area contributed by atoms with Gasteiger partial charge in [0, 0.05) is 0 Å². The van der Waals surface area contributed by atoms with Gasteiger partial charge >= 0.3 is 0 Å². The molecule has 0 N–H and O–H groups in total. The minimum Gasteiger partial charge on any atom is -0.179 e. The largest absolute Gasteiger partial charge is 0.179 e. The van der Waals surface area contributed by atoms with Gasteiger partial charge < -0.3 is 0 Å². The Balaban J connectivity index is 3.22. The van der Waals surface area contributed by atoms with Crippen LogP contribution < -0.4 is 0 Å². The molecule has 0 radical (unpaired) electrons. The van der Waals surface area contributed by atoms with E-state index in [2.05, 4.69) is 52.1 Å². The first-order valence-corrected chi connectivity index (χ1v) is 8.93. The summed E-state index contributed by atoms with van der Waals surface area (Å²) >= 11 is 6.38. The summed E-state index contributed by atoms with van der Waals surface area (Å²) in [6, 6.07) is 0. The first-order valence-electron chi connectivity index (χ1n) is 7.14. The fourth-order valence-electron chi connectivity index (χ4n) is 2.20. The standard InChI is InChI=1S/C15H32S2/c1-14(13-15(2,3)4)9-12-17-11-8-6-5-7-10-16/h14,16H,5-13H2,1-4H3. The molecule has 0 aromatic carbocycles. The molecule has 0 rings (SSSR count). The Morgan fingerprint density at radius 3 is 2.24 bits per heavy atom. The van der Waals surface area contributed by atoms with Crippen LogP contribution in [0.1, 0.15) is 66.2 Å². The van der Waals surface area contributed by atoms with Crippen molar-refractivity contribution in [1.29, 1.82) is 0 Å². The molecule has 0 aliphatic carbocycles. The minimum atomic E-state index is 0.497. The number of rotatable bonds is 10. The van der Waals surface area contributed by atoms with Crippen molar-refractivity contribution in [3.05, 3.63) is 0 Å². The Labute approximate surface area is 119 Å². The van der Waals surface area contributed by atoms with Gasteiger partial charge in [-0.15, -0.1) is 0 Å². The fourth-order valence-corrected chi connectivity index (χ4v) is 3.61. The number of hydrogen-bond donors (Lipinski definition) is 1. The maximum absolute atomic E-state index is 4.23. The summed E-state index contributed by atoms with van der Waals surface area (Å²) in [7, 11) is 0. The van der Waals surface area contributed by atoms with Crippen LogP contribution in [0.2, 0.25) is 0 Å². The summed E-state index contributed by atoms with van der Waals surface area (Å²) in [5.74, 6) is 4.64. The molecule has 0 fully saturated rings. The van der Waals surface area contributed by atoms with Crippen LogP contribution in [0.25, 0.3) is 0 Å². The van der Waals surface area contributed by atoms with Gasteiger partial charge in [0.25, 0.3) is 0 Å². The number of unbranched alkanes of at least 4 members (excludes halogenated alkanes) is 3. The maximum atomic E-state index is 4.23. The van der Waals surface area contributed by atoms with Gasteiger partial charge in [-0.1, -0.05) is 40.5 Å². The molecule has 0 aromatic rings. The van der Waals surface area contributed by atoms with Crippen LogP contribution in [0.15, 0.2) is 0 Å². The molecule has 0 saturated heterocycles. The smallest absolute Gasteiger partial charge is 0.00650 e. The van der Waals surface area contributed by atoms with Crippen LogP contribution in [-0.2, 0) is 0 Å². The lowest BCUT2D eigenvalue weighted by Crippen LogP contribution is -2.11. The van der Waals surface area contributed by atoms with Crippen molar-refractivity contribution >= 4 is 24.4 Å².